The van der Waals surface area contributed by atoms with Crippen LogP contribution in [0.15, 0.2) is 91.0 Å². The second kappa shape index (κ2) is 10.3. The SMILES string of the molecule is O=POc1ccccc1.c1ccc(CCc2ccccc2)cc1. The maximum atomic E-state index is 9.85. The molecule has 0 saturated carbocycles. The molecule has 0 heterocycles. The van der Waals surface area contributed by atoms with Crippen molar-refractivity contribution >= 4 is 8.69 Å². The summed E-state index contributed by atoms with van der Waals surface area (Å²) >= 11 is 0. The molecule has 0 radical (unpaired) electrons. The first-order chi connectivity index (χ1) is 11.4. The second-order valence-corrected chi connectivity index (χ2v) is 5.28. The summed E-state index contributed by atoms with van der Waals surface area (Å²) in [6, 6.07) is 30.2. The number of aryl methyl sites for hydroxylation is 2. The molecule has 116 valence electrons. The van der Waals surface area contributed by atoms with E-state index in [4.69, 9.17) is 0 Å². The topological polar surface area (TPSA) is 26.3 Å². The zero-order valence-corrected chi connectivity index (χ0v) is 13.7. The lowest BCUT2D eigenvalue weighted by molar-refractivity contribution is 0.525. The molecule has 3 rings (SSSR count). The highest BCUT2D eigenvalue weighted by Gasteiger charge is 1.93. The molecule has 3 aromatic rings. The average Bonchev–Trinajstić information content (AvgIpc) is 2.64. The van der Waals surface area contributed by atoms with Crippen LogP contribution in [0.4, 0.5) is 0 Å². The van der Waals surface area contributed by atoms with Crippen LogP contribution >= 0.6 is 8.69 Å². The minimum absolute atomic E-state index is 0.305. The van der Waals surface area contributed by atoms with Gasteiger partial charge in [-0.25, -0.2) is 4.57 Å². The van der Waals surface area contributed by atoms with Crippen LogP contribution in [0.2, 0.25) is 0 Å². The van der Waals surface area contributed by atoms with Gasteiger partial charge in [-0.05, 0) is 36.1 Å². The van der Waals surface area contributed by atoms with Crippen molar-refractivity contribution in [1.82, 2.24) is 0 Å². The van der Waals surface area contributed by atoms with Gasteiger partial charge in [0, 0.05) is 0 Å². The molecule has 0 atom stereocenters. The smallest absolute Gasteiger partial charge is 0.395 e. The van der Waals surface area contributed by atoms with Crippen LogP contribution in [0.5, 0.6) is 5.75 Å². The second-order valence-electron chi connectivity index (χ2n) is 4.95. The van der Waals surface area contributed by atoms with Crippen LogP contribution in [-0.4, -0.2) is 0 Å². The molecular weight excluding hydrogens is 303 g/mol. The molecule has 0 unspecified atom stereocenters. The molecule has 0 aliphatic rings. The Morgan fingerprint density at radius 3 is 1.39 bits per heavy atom. The zero-order valence-electron chi connectivity index (χ0n) is 12.8. The van der Waals surface area contributed by atoms with E-state index in [9.17, 15) is 4.57 Å². The Morgan fingerprint density at radius 1 is 0.609 bits per heavy atom. The van der Waals surface area contributed by atoms with Crippen molar-refractivity contribution in [3.63, 3.8) is 0 Å². The molecule has 0 saturated heterocycles. The van der Waals surface area contributed by atoms with E-state index in [1.54, 1.807) is 12.1 Å². The first-order valence-corrected chi connectivity index (χ1v) is 8.24. The Balaban J connectivity index is 0.000000185. The van der Waals surface area contributed by atoms with E-state index in [-0.39, 0.29) is 8.69 Å². The number of hydrogen-bond donors (Lipinski definition) is 0. The Bertz CT molecular complexity index is 630. The summed E-state index contributed by atoms with van der Waals surface area (Å²) in [7, 11) is -0.305. The normalized spacial score (nSPS) is 9.74. The highest BCUT2D eigenvalue weighted by Crippen LogP contribution is 2.12. The summed E-state index contributed by atoms with van der Waals surface area (Å²) in [5.41, 5.74) is 2.83. The van der Waals surface area contributed by atoms with Crippen LogP contribution in [-0.2, 0) is 17.4 Å². The molecule has 0 fully saturated rings. The van der Waals surface area contributed by atoms with Gasteiger partial charge in [0.05, 0.1) is 0 Å². The zero-order chi connectivity index (χ0) is 16.2. The van der Waals surface area contributed by atoms with Crippen LogP contribution in [0.25, 0.3) is 0 Å². The van der Waals surface area contributed by atoms with Gasteiger partial charge in [0.25, 0.3) is 0 Å². The highest BCUT2D eigenvalue weighted by molar-refractivity contribution is 7.17. The molecule has 3 aromatic carbocycles. The molecule has 23 heavy (non-hydrogen) atoms. The van der Waals surface area contributed by atoms with E-state index in [1.165, 1.54) is 11.1 Å². The third kappa shape index (κ3) is 6.90. The third-order valence-corrected chi connectivity index (χ3v) is 3.56. The van der Waals surface area contributed by atoms with Crippen molar-refractivity contribution < 1.29 is 9.09 Å². The van der Waals surface area contributed by atoms with Gasteiger partial charge in [0.2, 0.25) is 0 Å². The highest BCUT2D eigenvalue weighted by atomic mass is 31.1. The van der Waals surface area contributed by atoms with Gasteiger partial charge >= 0.3 is 8.69 Å². The van der Waals surface area contributed by atoms with Crippen LogP contribution in [0, 0.1) is 0 Å². The van der Waals surface area contributed by atoms with Crippen molar-refractivity contribution in [2.75, 3.05) is 0 Å². The largest absolute Gasteiger partial charge is 0.408 e. The quantitative estimate of drug-likeness (QED) is 0.560. The van der Waals surface area contributed by atoms with Crippen LogP contribution in [0.3, 0.4) is 0 Å². The van der Waals surface area contributed by atoms with Gasteiger partial charge in [-0.15, -0.1) is 0 Å². The Labute approximate surface area is 139 Å². The molecule has 0 aliphatic carbocycles. The fourth-order valence-corrected chi connectivity index (χ4v) is 2.31. The van der Waals surface area contributed by atoms with E-state index in [1.807, 2.05) is 18.2 Å². The van der Waals surface area contributed by atoms with Crippen molar-refractivity contribution in [3.8, 4) is 5.75 Å². The lowest BCUT2D eigenvalue weighted by Crippen LogP contribution is -1.89. The van der Waals surface area contributed by atoms with Crippen molar-refractivity contribution in [2.45, 2.75) is 12.8 Å². The first kappa shape index (κ1) is 16.9. The molecule has 2 nitrogen and oxygen atoms in total. The summed E-state index contributed by atoms with van der Waals surface area (Å²) in [5.74, 6) is 0.620. The summed E-state index contributed by atoms with van der Waals surface area (Å²) in [5, 5.41) is 0. The van der Waals surface area contributed by atoms with Crippen molar-refractivity contribution in [3.05, 3.63) is 102 Å². The molecule has 0 amide bonds. The lowest BCUT2D eigenvalue weighted by atomic mass is 10.0. The van der Waals surface area contributed by atoms with E-state index >= 15 is 0 Å². The number of para-hydroxylation sites is 1. The Kier molecular flexibility index (Phi) is 7.59. The number of hydrogen-bond acceptors (Lipinski definition) is 2. The minimum Gasteiger partial charge on any atom is -0.408 e. The van der Waals surface area contributed by atoms with Gasteiger partial charge in [-0.1, -0.05) is 78.9 Å². The van der Waals surface area contributed by atoms with Crippen molar-refractivity contribution in [2.24, 2.45) is 0 Å². The third-order valence-electron chi connectivity index (χ3n) is 3.27. The van der Waals surface area contributed by atoms with Crippen LogP contribution < -0.4 is 4.52 Å². The Hall–Kier alpha value is -2.44. The fourth-order valence-electron chi connectivity index (χ4n) is 2.10. The van der Waals surface area contributed by atoms with E-state index < -0.39 is 0 Å². The number of rotatable bonds is 5. The van der Waals surface area contributed by atoms with E-state index in [0.717, 1.165) is 12.8 Å². The van der Waals surface area contributed by atoms with Gasteiger partial charge < -0.3 is 4.52 Å². The molecule has 0 aromatic heterocycles. The molecule has 0 bridgehead atoms. The molecule has 0 spiro atoms. The molecular formula is C20H19O2P. The molecule has 0 N–H and O–H groups in total. The number of benzene rings is 3. The summed E-state index contributed by atoms with van der Waals surface area (Å²) in [6.07, 6.45) is 2.26. The summed E-state index contributed by atoms with van der Waals surface area (Å²) in [6.45, 7) is 0. The lowest BCUT2D eigenvalue weighted by Gasteiger charge is -2.01. The van der Waals surface area contributed by atoms with E-state index in [0.29, 0.717) is 5.75 Å². The average molecular weight is 322 g/mol. The Morgan fingerprint density at radius 2 is 1.00 bits per heavy atom. The van der Waals surface area contributed by atoms with Gasteiger partial charge in [0.1, 0.15) is 5.75 Å². The predicted octanol–water partition coefficient (Wildman–Crippen LogP) is 5.74. The van der Waals surface area contributed by atoms with Gasteiger partial charge in [-0.2, -0.15) is 0 Å². The van der Waals surface area contributed by atoms with E-state index in [2.05, 4.69) is 65.2 Å². The standard InChI is InChI=1S/C14H14.C6H5O2P/c1-3-7-13(8-4-1)11-12-14-9-5-2-6-10-14;7-9-8-6-4-2-1-3-5-6/h1-10H,11-12H2;1-5H. The van der Waals surface area contributed by atoms with Gasteiger partial charge in [-0.3, -0.25) is 0 Å². The molecule has 3 heteroatoms. The first-order valence-electron chi connectivity index (χ1n) is 7.51. The maximum Gasteiger partial charge on any atom is 0.395 e. The maximum absolute atomic E-state index is 9.85. The predicted molar refractivity (Wildman–Crippen MR) is 95.0 cm³/mol. The summed E-state index contributed by atoms with van der Waals surface area (Å²) in [4.78, 5) is 0. The van der Waals surface area contributed by atoms with Crippen molar-refractivity contribution in [1.29, 1.82) is 0 Å². The minimum atomic E-state index is -0.305. The monoisotopic (exact) mass is 322 g/mol. The fraction of sp³-hybridized carbons (Fsp3) is 0.100. The summed E-state index contributed by atoms with van der Waals surface area (Å²) < 4.78 is 14.5. The van der Waals surface area contributed by atoms with Gasteiger partial charge in [0.15, 0.2) is 0 Å². The molecule has 0 aliphatic heterocycles. The van der Waals surface area contributed by atoms with Crippen LogP contribution in [0.1, 0.15) is 11.1 Å².